The maximum absolute atomic E-state index is 12.4. The minimum atomic E-state index is -0.997. The number of urea groups is 1. The SMILES string of the molecule is CCCN(CC(=O)OCC)C(=O)N1CCCC1C(=O)O. The molecule has 1 atom stereocenters. The zero-order chi connectivity index (χ0) is 15.1. The van der Waals surface area contributed by atoms with E-state index in [0.717, 1.165) is 0 Å². The van der Waals surface area contributed by atoms with Crippen LogP contribution in [0, 0.1) is 0 Å². The molecule has 0 saturated carbocycles. The van der Waals surface area contributed by atoms with E-state index >= 15 is 0 Å². The van der Waals surface area contributed by atoms with Crippen LogP contribution < -0.4 is 0 Å². The first-order valence-electron chi connectivity index (χ1n) is 6.95. The van der Waals surface area contributed by atoms with Crippen molar-refractivity contribution in [2.24, 2.45) is 0 Å². The summed E-state index contributed by atoms with van der Waals surface area (Å²) in [6, 6.07) is -1.19. The summed E-state index contributed by atoms with van der Waals surface area (Å²) in [5.41, 5.74) is 0. The van der Waals surface area contributed by atoms with E-state index in [-0.39, 0.29) is 13.2 Å². The van der Waals surface area contributed by atoms with Gasteiger partial charge in [0.25, 0.3) is 0 Å². The molecule has 7 nitrogen and oxygen atoms in total. The predicted octanol–water partition coefficient (Wildman–Crippen LogP) is 0.930. The number of amides is 2. The molecule has 1 fully saturated rings. The Bertz CT molecular complexity index is 372. The fourth-order valence-electron chi connectivity index (χ4n) is 2.31. The number of carboxylic acids is 1. The summed E-state index contributed by atoms with van der Waals surface area (Å²) in [7, 11) is 0. The molecule has 1 rings (SSSR count). The van der Waals surface area contributed by atoms with Crippen molar-refractivity contribution >= 4 is 18.0 Å². The third-order valence-electron chi connectivity index (χ3n) is 3.17. The highest BCUT2D eigenvalue weighted by Gasteiger charge is 2.36. The van der Waals surface area contributed by atoms with Crippen molar-refractivity contribution in [1.82, 2.24) is 9.80 Å². The first-order chi connectivity index (χ1) is 9.51. The van der Waals surface area contributed by atoms with E-state index in [1.807, 2.05) is 6.92 Å². The maximum atomic E-state index is 12.4. The summed E-state index contributed by atoms with van der Waals surface area (Å²) in [5, 5.41) is 9.11. The standard InChI is InChI=1S/C13H22N2O5/c1-3-7-14(9-11(16)20-4-2)13(19)15-8-5-6-10(15)12(17)18/h10H,3-9H2,1-2H3,(H,17,18). The van der Waals surface area contributed by atoms with E-state index < -0.39 is 24.0 Å². The molecule has 1 heterocycles. The Morgan fingerprint density at radius 3 is 2.60 bits per heavy atom. The molecule has 1 unspecified atom stereocenters. The Hall–Kier alpha value is -1.79. The van der Waals surface area contributed by atoms with Crippen molar-refractivity contribution < 1.29 is 24.2 Å². The molecule has 114 valence electrons. The van der Waals surface area contributed by atoms with Crippen molar-refractivity contribution in [2.45, 2.75) is 39.2 Å². The highest BCUT2D eigenvalue weighted by atomic mass is 16.5. The van der Waals surface area contributed by atoms with Gasteiger partial charge >= 0.3 is 18.0 Å². The number of hydrogen-bond acceptors (Lipinski definition) is 4. The fourth-order valence-corrected chi connectivity index (χ4v) is 2.31. The Balaban J connectivity index is 2.72. The number of nitrogens with zero attached hydrogens (tertiary/aromatic N) is 2. The first-order valence-corrected chi connectivity index (χ1v) is 6.95. The lowest BCUT2D eigenvalue weighted by Gasteiger charge is -2.29. The number of aliphatic carboxylic acids is 1. The van der Waals surface area contributed by atoms with Crippen LogP contribution in [0.3, 0.4) is 0 Å². The molecule has 20 heavy (non-hydrogen) atoms. The van der Waals surface area contributed by atoms with E-state index in [0.29, 0.717) is 32.4 Å². The molecule has 0 aliphatic carbocycles. The first kappa shape index (κ1) is 16.3. The van der Waals surface area contributed by atoms with Crippen LogP contribution in [-0.2, 0) is 14.3 Å². The van der Waals surface area contributed by atoms with Crippen molar-refractivity contribution in [1.29, 1.82) is 0 Å². The molecule has 1 aliphatic heterocycles. The normalized spacial score (nSPS) is 17.9. The molecule has 7 heteroatoms. The smallest absolute Gasteiger partial charge is 0.326 e. The number of likely N-dealkylation sites (tertiary alicyclic amines) is 1. The van der Waals surface area contributed by atoms with Crippen molar-refractivity contribution in [3.8, 4) is 0 Å². The van der Waals surface area contributed by atoms with Gasteiger partial charge in [-0.25, -0.2) is 9.59 Å². The number of ether oxygens (including phenoxy) is 1. The minimum absolute atomic E-state index is 0.136. The second kappa shape index (κ2) is 7.72. The second-order valence-electron chi connectivity index (χ2n) is 4.70. The van der Waals surface area contributed by atoms with Gasteiger partial charge in [-0.15, -0.1) is 0 Å². The van der Waals surface area contributed by atoms with Crippen LogP contribution in [0.1, 0.15) is 33.1 Å². The summed E-state index contributed by atoms with van der Waals surface area (Å²) in [6.45, 7) is 4.53. The van der Waals surface area contributed by atoms with Gasteiger partial charge in [0.05, 0.1) is 6.61 Å². The predicted molar refractivity (Wildman–Crippen MR) is 71.3 cm³/mol. The summed E-state index contributed by atoms with van der Waals surface area (Å²) >= 11 is 0. The van der Waals surface area contributed by atoms with Gasteiger partial charge in [-0.3, -0.25) is 4.79 Å². The van der Waals surface area contributed by atoms with Crippen molar-refractivity contribution in [3.05, 3.63) is 0 Å². The van der Waals surface area contributed by atoms with Gasteiger partial charge in [0.15, 0.2) is 0 Å². The van der Waals surface area contributed by atoms with E-state index in [4.69, 9.17) is 9.84 Å². The van der Waals surface area contributed by atoms with Crippen molar-refractivity contribution in [3.63, 3.8) is 0 Å². The number of rotatable bonds is 6. The summed E-state index contributed by atoms with van der Waals surface area (Å²) < 4.78 is 4.84. The largest absolute Gasteiger partial charge is 0.480 e. The fraction of sp³-hybridized carbons (Fsp3) is 0.769. The maximum Gasteiger partial charge on any atom is 0.326 e. The third kappa shape index (κ3) is 4.11. The lowest BCUT2D eigenvalue weighted by molar-refractivity contribution is -0.143. The molecule has 0 radical (unpaired) electrons. The third-order valence-corrected chi connectivity index (χ3v) is 3.17. The Morgan fingerprint density at radius 2 is 2.05 bits per heavy atom. The summed E-state index contributed by atoms with van der Waals surface area (Å²) in [5.74, 6) is -1.47. The molecule has 0 bridgehead atoms. The van der Waals surface area contributed by atoms with Gasteiger partial charge < -0.3 is 19.6 Å². The summed E-state index contributed by atoms with van der Waals surface area (Å²) in [6.07, 6.45) is 1.82. The lowest BCUT2D eigenvalue weighted by Crippen LogP contribution is -2.49. The number of carbonyl (C=O) groups is 3. The van der Waals surface area contributed by atoms with Gasteiger partial charge in [-0.1, -0.05) is 6.92 Å². The van der Waals surface area contributed by atoms with Crippen LogP contribution in [0.15, 0.2) is 0 Å². The van der Waals surface area contributed by atoms with Crippen LogP contribution in [-0.4, -0.2) is 65.2 Å². The van der Waals surface area contributed by atoms with Gasteiger partial charge in [0.2, 0.25) is 0 Å². The van der Waals surface area contributed by atoms with E-state index in [1.54, 1.807) is 6.92 Å². The van der Waals surface area contributed by atoms with Gasteiger partial charge in [-0.2, -0.15) is 0 Å². The monoisotopic (exact) mass is 286 g/mol. The van der Waals surface area contributed by atoms with Crippen LogP contribution >= 0.6 is 0 Å². The Labute approximate surface area is 118 Å². The Kier molecular flexibility index (Phi) is 6.27. The summed E-state index contributed by atoms with van der Waals surface area (Å²) in [4.78, 5) is 37.7. The van der Waals surface area contributed by atoms with E-state index in [2.05, 4.69) is 0 Å². The minimum Gasteiger partial charge on any atom is -0.480 e. The zero-order valence-electron chi connectivity index (χ0n) is 12.0. The Morgan fingerprint density at radius 1 is 1.35 bits per heavy atom. The molecule has 2 amide bonds. The highest BCUT2D eigenvalue weighted by Crippen LogP contribution is 2.19. The average molecular weight is 286 g/mol. The molecule has 0 aromatic rings. The molecule has 1 aliphatic rings. The molecular formula is C13H22N2O5. The molecule has 1 N–H and O–H groups in total. The van der Waals surface area contributed by atoms with Gasteiger partial charge in [0.1, 0.15) is 12.6 Å². The van der Waals surface area contributed by atoms with Crippen LogP contribution in [0.2, 0.25) is 0 Å². The van der Waals surface area contributed by atoms with E-state index in [1.165, 1.54) is 9.80 Å². The van der Waals surface area contributed by atoms with Crippen LogP contribution in [0.4, 0.5) is 4.79 Å². The van der Waals surface area contributed by atoms with E-state index in [9.17, 15) is 14.4 Å². The second-order valence-corrected chi connectivity index (χ2v) is 4.70. The van der Waals surface area contributed by atoms with Crippen molar-refractivity contribution in [2.75, 3.05) is 26.2 Å². The van der Waals surface area contributed by atoms with Gasteiger partial charge in [-0.05, 0) is 26.2 Å². The number of carbonyl (C=O) groups excluding carboxylic acids is 2. The molecule has 0 aromatic heterocycles. The zero-order valence-corrected chi connectivity index (χ0v) is 12.0. The van der Waals surface area contributed by atoms with Crippen LogP contribution in [0.25, 0.3) is 0 Å². The molecule has 0 spiro atoms. The molecular weight excluding hydrogens is 264 g/mol. The topological polar surface area (TPSA) is 87.2 Å². The molecule has 1 saturated heterocycles. The molecule has 0 aromatic carbocycles. The highest BCUT2D eigenvalue weighted by molar-refractivity contribution is 5.85. The number of esters is 1. The van der Waals surface area contributed by atoms with Crippen LogP contribution in [0.5, 0.6) is 0 Å². The quantitative estimate of drug-likeness (QED) is 0.734. The average Bonchev–Trinajstić information content (AvgIpc) is 2.87. The lowest BCUT2D eigenvalue weighted by atomic mass is 10.2. The number of carboxylic acid groups (broad SMARTS) is 1. The number of hydrogen-bond donors (Lipinski definition) is 1. The van der Waals surface area contributed by atoms with Gasteiger partial charge in [0, 0.05) is 13.1 Å².